The van der Waals surface area contributed by atoms with Gasteiger partial charge in [0.1, 0.15) is 6.10 Å². The molecule has 0 aliphatic carbocycles. The molecule has 1 aromatic carbocycles. The summed E-state index contributed by atoms with van der Waals surface area (Å²) in [4.78, 5) is 16.3. The van der Waals surface area contributed by atoms with Gasteiger partial charge < -0.3 is 9.30 Å². The molecule has 0 radical (unpaired) electrons. The lowest BCUT2D eigenvalue weighted by Crippen LogP contribution is -2.30. The average molecular weight is 271 g/mol. The molecule has 1 heterocycles. The van der Waals surface area contributed by atoms with Gasteiger partial charge in [0.2, 0.25) is 0 Å². The number of carbonyl (C=O) groups excluding carboxylic acids is 1. The van der Waals surface area contributed by atoms with Crippen LogP contribution in [0.15, 0.2) is 24.5 Å². The Bertz CT molecular complexity index is 695. The minimum absolute atomic E-state index is 0.437. The standard InChI is InChI=1S/C15H17N3O2/c1-10(15(2,3)8-16)20-14(19)11-5-6-13-12(7-11)17-9-18(13)4/h5-7,9-10H,1-4H3. The van der Waals surface area contributed by atoms with Gasteiger partial charge in [-0.3, -0.25) is 0 Å². The normalized spacial score (nSPS) is 12.9. The molecular formula is C15H17N3O2. The third-order valence-corrected chi connectivity index (χ3v) is 3.55. The number of hydrogen-bond acceptors (Lipinski definition) is 4. The van der Waals surface area contributed by atoms with Crippen molar-refractivity contribution in [3.8, 4) is 6.07 Å². The van der Waals surface area contributed by atoms with Gasteiger partial charge in [0, 0.05) is 7.05 Å². The van der Waals surface area contributed by atoms with Crippen molar-refractivity contribution < 1.29 is 9.53 Å². The summed E-state index contributed by atoms with van der Waals surface area (Å²) in [6.07, 6.45) is 1.21. The Kier molecular flexibility index (Phi) is 3.49. The molecule has 20 heavy (non-hydrogen) atoms. The van der Waals surface area contributed by atoms with E-state index < -0.39 is 17.5 Å². The number of nitrogens with zero attached hydrogens (tertiary/aromatic N) is 3. The lowest BCUT2D eigenvalue weighted by molar-refractivity contribution is 0.0129. The maximum atomic E-state index is 12.1. The molecule has 1 aromatic heterocycles. The molecule has 104 valence electrons. The molecule has 0 spiro atoms. The van der Waals surface area contributed by atoms with E-state index in [1.807, 2.05) is 17.7 Å². The minimum atomic E-state index is -0.718. The van der Waals surface area contributed by atoms with Crippen LogP contribution in [0.4, 0.5) is 0 Å². The van der Waals surface area contributed by atoms with E-state index >= 15 is 0 Å². The largest absolute Gasteiger partial charge is 0.457 e. The van der Waals surface area contributed by atoms with E-state index in [0.717, 1.165) is 11.0 Å². The van der Waals surface area contributed by atoms with Gasteiger partial charge in [0.05, 0.1) is 34.4 Å². The van der Waals surface area contributed by atoms with Crippen molar-refractivity contribution >= 4 is 17.0 Å². The van der Waals surface area contributed by atoms with Gasteiger partial charge in [0.15, 0.2) is 0 Å². The summed E-state index contributed by atoms with van der Waals surface area (Å²) < 4.78 is 7.23. The van der Waals surface area contributed by atoms with Crippen LogP contribution < -0.4 is 0 Å². The summed E-state index contributed by atoms with van der Waals surface area (Å²) in [6, 6.07) is 7.38. The Morgan fingerprint density at radius 3 is 2.85 bits per heavy atom. The van der Waals surface area contributed by atoms with Crippen LogP contribution in [0.1, 0.15) is 31.1 Å². The second-order valence-corrected chi connectivity index (χ2v) is 5.44. The summed E-state index contributed by atoms with van der Waals surface area (Å²) in [7, 11) is 1.89. The summed E-state index contributed by atoms with van der Waals surface area (Å²) in [5, 5.41) is 9.04. The number of benzene rings is 1. The fraction of sp³-hybridized carbons (Fsp3) is 0.400. The van der Waals surface area contributed by atoms with Crippen LogP contribution >= 0.6 is 0 Å². The summed E-state index contributed by atoms with van der Waals surface area (Å²) in [6.45, 7) is 5.21. The van der Waals surface area contributed by atoms with E-state index in [-0.39, 0.29) is 0 Å². The van der Waals surface area contributed by atoms with Gasteiger partial charge in [-0.1, -0.05) is 0 Å². The van der Waals surface area contributed by atoms with Gasteiger partial charge in [0.25, 0.3) is 0 Å². The molecule has 1 unspecified atom stereocenters. The zero-order valence-corrected chi connectivity index (χ0v) is 12.0. The number of hydrogen-bond donors (Lipinski definition) is 0. The van der Waals surface area contributed by atoms with Crippen LogP contribution in [-0.2, 0) is 11.8 Å². The number of fused-ring (bicyclic) bond motifs is 1. The molecule has 5 nitrogen and oxygen atoms in total. The highest BCUT2D eigenvalue weighted by Crippen LogP contribution is 2.23. The molecule has 1 atom stereocenters. The van der Waals surface area contributed by atoms with Crippen LogP contribution in [0, 0.1) is 16.7 Å². The minimum Gasteiger partial charge on any atom is -0.457 e. The Morgan fingerprint density at radius 1 is 1.50 bits per heavy atom. The van der Waals surface area contributed by atoms with Gasteiger partial charge in [-0.2, -0.15) is 5.26 Å². The van der Waals surface area contributed by atoms with E-state index in [1.165, 1.54) is 0 Å². The van der Waals surface area contributed by atoms with E-state index in [4.69, 9.17) is 10.00 Å². The number of rotatable bonds is 3. The molecule has 0 saturated carbocycles. The van der Waals surface area contributed by atoms with Crippen molar-refractivity contribution in [3.05, 3.63) is 30.1 Å². The van der Waals surface area contributed by atoms with E-state index in [1.54, 1.807) is 39.2 Å². The number of imidazole rings is 1. The van der Waals surface area contributed by atoms with E-state index in [2.05, 4.69) is 11.1 Å². The topological polar surface area (TPSA) is 67.9 Å². The predicted octanol–water partition coefficient (Wildman–Crippen LogP) is 2.67. The highest BCUT2D eigenvalue weighted by atomic mass is 16.5. The fourth-order valence-electron chi connectivity index (χ4n) is 1.73. The van der Waals surface area contributed by atoms with Gasteiger partial charge in [-0.25, -0.2) is 9.78 Å². The number of carbonyl (C=O) groups is 1. The average Bonchev–Trinajstić information content (AvgIpc) is 2.79. The quantitative estimate of drug-likeness (QED) is 0.805. The highest BCUT2D eigenvalue weighted by Gasteiger charge is 2.29. The number of aryl methyl sites for hydroxylation is 1. The summed E-state index contributed by atoms with van der Waals surface area (Å²) in [5.41, 5.74) is 1.42. The number of esters is 1. The van der Waals surface area contributed by atoms with Crippen LogP contribution in [0.2, 0.25) is 0 Å². The highest BCUT2D eigenvalue weighted by molar-refractivity contribution is 5.93. The maximum absolute atomic E-state index is 12.1. The second-order valence-electron chi connectivity index (χ2n) is 5.44. The predicted molar refractivity (Wildman–Crippen MR) is 75.0 cm³/mol. The molecule has 0 aliphatic heterocycles. The first-order valence-corrected chi connectivity index (χ1v) is 6.38. The first-order valence-electron chi connectivity index (χ1n) is 6.38. The fourth-order valence-corrected chi connectivity index (χ4v) is 1.73. The van der Waals surface area contributed by atoms with Gasteiger partial charge >= 0.3 is 5.97 Å². The molecule has 2 aromatic rings. The van der Waals surface area contributed by atoms with Crippen LogP contribution in [0.5, 0.6) is 0 Å². The number of aromatic nitrogens is 2. The van der Waals surface area contributed by atoms with Crippen LogP contribution in [-0.4, -0.2) is 21.6 Å². The number of ether oxygens (including phenoxy) is 1. The maximum Gasteiger partial charge on any atom is 0.338 e. The van der Waals surface area contributed by atoms with Crippen LogP contribution in [0.25, 0.3) is 11.0 Å². The molecule has 0 saturated heterocycles. The first-order chi connectivity index (χ1) is 9.35. The van der Waals surface area contributed by atoms with Crippen molar-refractivity contribution in [1.82, 2.24) is 9.55 Å². The lowest BCUT2D eigenvalue weighted by Gasteiger charge is -2.24. The van der Waals surface area contributed by atoms with Crippen molar-refractivity contribution in [3.63, 3.8) is 0 Å². The van der Waals surface area contributed by atoms with Gasteiger partial charge in [-0.15, -0.1) is 0 Å². The molecule has 2 rings (SSSR count). The third kappa shape index (κ3) is 2.50. The van der Waals surface area contributed by atoms with Crippen molar-refractivity contribution in [2.24, 2.45) is 12.5 Å². The molecule has 0 amide bonds. The molecular weight excluding hydrogens is 254 g/mol. The smallest absolute Gasteiger partial charge is 0.338 e. The van der Waals surface area contributed by atoms with E-state index in [9.17, 15) is 4.79 Å². The first kappa shape index (κ1) is 14.1. The Morgan fingerprint density at radius 2 is 2.20 bits per heavy atom. The lowest BCUT2D eigenvalue weighted by atomic mass is 9.89. The Labute approximate surface area is 117 Å². The van der Waals surface area contributed by atoms with Crippen molar-refractivity contribution in [1.29, 1.82) is 5.26 Å². The zero-order chi connectivity index (χ0) is 14.9. The van der Waals surface area contributed by atoms with Crippen molar-refractivity contribution in [2.75, 3.05) is 0 Å². The Hall–Kier alpha value is -2.35. The van der Waals surface area contributed by atoms with Crippen molar-refractivity contribution in [2.45, 2.75) is 26.9 Å². The number of nitriles is 1. The summed E-state index contributed by atoms with van der Waals surface area (Å²) in [5.74, 6) is -0.437. The zero-order valence-electron chi connectivity index (χ0n) is 12.0. The van der Waals surface area contributed by atoms with Crippen LogP contribution in [0.3, 0.4) is 0 Å². The molecule has 0 fully saturated rings. The SMILES string of the molecule is CC(OC(=O)c1ccc2c(c1)ncn2C)C(C)(C)C#N. The summed E-state index contributed by atoms with van der Waals surface area (Å²) >= 11 is 0. The molecule has 0 bridgehead atoms. The molecule has 0 N–H and O–H groups in total. The Balaban J connectivity index is 2.22. The molecule has 0 aliphatic rings. The third-order valence-electron chi connectivity index (χ3n) is 3.55. The van der Waals surface area contributed by atoms with Gasteiger partial charge in [-0.05, 0) is 39.0 Å². The monoisotopic (exact) mass is 271 g/mol. The second kappa shape index (κ2) is 4.97. The molecule has 5 heteroatoms. The van der Waals surface area contributed by atoms with E-state index in [0.29, 0.717) is 5.56 Å².